The van der Waals surface area contributed by atoms with Crippen LogP contribution < -0.4 is 10.1 Å². The molecule has 1 aliphatic rings. The van der Waals surface area contributed by atoms with Crippen molar-refractivity contribution >= 4 is 11.9 Å². The van der Waals surface area contributed by atoms with E-state index in [9.17, 15) is 14.7 Å². The SMILES string of the molecule is CCN(CC(=O)O)C1CC(NC(=O)c2cc(OC)ccc2O)C1. The molecule has 1 fully saturated rings. The van der Waals surface area contributed by atoms with E-state index in [1.807, 2.05) is 11.8 Å². The summed E-state index contributed by atoms with van der Waals surface area (Å²) in [6.45, 7) is 2.59. The van der Waals surface area contributed by atoms with Gasteiger partial charge >= 0.3 is 5.97 Å². The molecule has 0 atom stereocenters. The normalized spacial score (nSPS) is 20.0. The van der Waals surface area contributed by atoms with Gasteiger partial charge in [-0.2, -0.15) is 0 Å². The Hall–Kier alpha value is -2.28. The first-order valence-electron chi connectivity index (χ1n) is 7.58. The van der Waals surface area contributed by atoms with Crippen LogP contribution in [0.15, 0.2) is 18.2 Å². The van der Waals surface area contributed by atoms with E-state index in [0.29, 0.717) is 25.1 Å². The molecule has 3 N–H and O–H groups in total. The van der Waals surface area contributed by atoms with E-state index in [0.717, 1.165) is 0 Å². The number of likely N-dealkylation sites (N-methyl/N-ethyl adjacent to an activating group) is 1. The molecule has 0 saturated heterocycles. The Bertz CT molecular complexity index is 584. The Labute approximate surface area is 134 Å². The summed E-state index contributed by atoms with van der Waals surface area (Å²) in [6, 6.07) is 4.64. The van der Waals surface area contributed by atoms with E-state index in [1.54, 1.807) is 6.07 Å². The number of amides is 1. The smallest absolute Gasteiger partial charge is 0.317 e. The van der Waals surface area contributed by atoms with Gasteiger partial charge in [0.25, 0.3) is 5.91 Å². The summed E-state index contributed by atoms with van der Waals surface area (Å²) in [5, 5.41) is 21.5. The summed E-state index contributed by atoms with van der Waals surface area (Å²) >= 11 is 0. The molecule has 1 aromatic rings. The minimum Gasteiger partial charge on any atom is -0.507 e. The van der Waals surface area contributed by atoms with Gasteiger partial charge in [0, 0.05) is 12.1 Å². The quantitative estimate of drug-likeness (QED) is 0.694. The average molecular weight is 322 g/mol. The van der Waals surface area contributed by atoms with Crippen LogP contribution in [0.2, 0.25) is 0 Å². The standard InChI is InChI=1S/C16H22N2O5/c1-3-18(9-15(20)21)11-6-10(7-11)17-16(22)13-8-12(23-2)4-5-14(13)19/h4-5,8,10-11,19H,3,6-7,9H2,1-2H3,(H,17,22)(H,20,21). The second-order valence-corrected chi connectivity index (χ2v) is 5.64. The van der Waals surface area contributed by atoms with E-state index in [1.165, 1.54) is 19.2 Å². The third-order valence-electron chi connectivity index (χ3n) is 4.16. The van der Waals surface area contributed by atoms with Crippen molar-refractivity contribution in [2.24, 2.45) is 0 Å². The molecule has 7 nitrogen and oxygen atoms in total. The molecule has 0 spiro atoms. The van der Waals surface area contributed by atoms with Gasteiger partial charge in [0.15, 0.2) is 0 Å². The molecule has 0 radical (unpaired) electrons. The second kappa shape index (κ2) is 7.32. The van der Waals surface area contributed by atoms with Crippen LogP contribution >= 0.6 is 0 Å². The topological polar surface area (TPSA) is 99.1 Å². The van der Waals surface area contributed by atoms with Gasteiger partial charge in [-0.15, -0.1) is 0 Å². The Kier molecular flexibility index (Phi) is 5.44. The fourth-order valence-corrected chi connectivity index (χ4v) is 2.76. The number of aromatic hydroxyl groups is 1. The predicted molar refractivity (Wildman–Crippen MR) is 83.8 cm³/mol. The third-order valence-corrected chi connectivity index (χ3v) is 4.16. The first kappa shape index (κ1) is 17.1. The molecule has 1 aromatic carbocycles. The number of methoxy groups -OCH3 is 1. The highest BCUT2D eigenvalue weighted by molar-refractivity contribution is 5.97. The lowest BCUT2D eigenvalue weighted by molar-refractivity contribution is -0.139. The van der Waals surface area contributed by atoms with Crippen molar-refractivity contribution in [1.29, 1.82) is 0 Å². The van der Waals surface area contributed by atoms with Crippen LogP contribution in [-0.2, 0) is 4.79 Å². The van der Waals surface area contributed by atoms with Crippen molar-refractivity contribution in [2.75, 3.05) is 20.2 Å². The Balaban J connectivity index is 1.90. The van der Waals surface area contributed by atoms with Crippen molar-refractivity contribution in [1.82, 2.24) is 10.2 Å². The van der Waals surface area contributed by atoms with Crippen molar-refractivity contribution < 1.29 is 24.5 Å². The van der Waals surface area contributed by atoms with Gasteiger partial charge in [0.05, 0.1) is 19.2 Å². The lowest BCUT2D eigenvalue weighted by Crippen LogP contribution is -2.54. The summed E-state index contributed by atoms with van der Waals surface area (Å²) in [5.74, 6) is -0.801. The molecule has 0 aromatic heterocycles. The van der Waals surface area contributed by atoms with Crippen molar-refractivity contribution in [3.63, 3.8) is 0 Å². The molecule has 0 bridgehead atoms. The summed E-state index contributed by atoms with van der Waals surface area (Å²) < 4.78 is 5.05. The Morgan fingerprint density at radius 3 is 2.65 bits per heavy atom. The number of carbonyl (C=O) groups is 2. The van der Waals surface area contributed by atoms with Gasteiger partial charge < -0.3 is 20.3 Å². The highest BCUT2D eigenvalue weighted by Crippen LogP contribution is 2.27. The number of phenolic OH excluding ortho intramolecular Hbond substituents is 1. The van der Waals surface area contributed by atoms with Crippen LogP contribution in [0.4, 0.5) is 0 Å². The fourth-order valence-electron chi connectivity index (χ4n) is 2.76. The number of carbonyl (C=O) groups excluding carboxylic acids is 1. The van der Waals surface area contributed by atoms with Crippen LogP contribution in [0, 0.1) is 0 Å². The van der Waals surface area contributed by atoms with Crippen LogP contribution in [-0.4, -0.2) is 59.3 Å². The highest BCUT2D eigenvalue weighted by Gasteiger charge is 2.35. The van der Waals surface area contributed by atoms with Gasteiger partial charge in [0.1, 0.15) is 11.5 Å². The first-order chi connectivity index (χ1) is 10.9. The van der Waals surface area contributed by atoms with E-state index in [2.05, 4.69) is 5.32 Å². The summed E-state index contributed by atoms with van der Waals surface area (Å²) in [4.78, 5) is 24.9. The van der Waals surface area contributed by atoms with Gasteiger partial charge in [-0.1, -0.05) is 6.92 Å². The summed E-state index contributed by atoms with van der Waals surface area (Å²) in [7, 11) is 1.49. The van der Waals surface area contributed by atoms with Gasteiger partial charge in [0.2, 0.25) is 0 Å². The first-order valence-corrected chi connectivity index (χ1v) is 7.58. The number of phenols is 1. The maximum absolute atomic E-state index is 12.2. The molecule has 2 rings (SSSR count). The highest BCUT2D eigenvalue weighted by atomic mass is 16.5. The van der Waals surface area contributed by atoms with Crippen LogP contribution in [0.5, 0.6) is 11.5 Å². The van der Waals surface area contributed by atoms with E-state index in [4.69, 9.17) is 9.84 Å². The zero-order chi connectivity index (χ0) is 17.0. The fraction of sp³-hybridized carbons (Fsp3) is 0.500. The monoisotopic (exact) mass is 322 g/mol. The maximum atomic E-state index is 12.2. The van der Waals surface area contributed by atoms with Crippen LogP contribution in [0.25, 0.3) is 0 Å². The summed E-state index contributed by atoms with van der Waals surface area (Å²) in [5.41, 5.74) is 0.172. The molecule has 126 valence electrons. The van der Waals surface area contributed by atoms with Crippen molar-refractivity contribution in [3.05, 3.63) is 23.8 Å². The number of carboxylic acids is 1. The molecule has 0 aliphatic heterocycles. The van der Waals surface area contributed by atoms with Crippen molar-refractivity contribution in [3.8, 4) is 11.5 Å². The van der Waals surface area contributed by atoms with Gasteiger partial charge in [-0.05, 0) is 37.6 Å². The zero-order valence-electron chi connectivity index (χ0n) is 13.3. The predicted octanol–water partition coefficient (Wildman–Crippen LogP) is 1.07. The maximum Gasteiger partial charge on any atom is 0.317 e. The lowest BCUT2D eigenvalue weighted by atomic mass is 9.85. The number of ether oxygens (including phenoxy) is 1. The van der Waals surface area contributed by atoms with E-state index >= 15 is 0 Å². The number of rotatable bonds is 7. The molecule has 23 heavy (non-hydrogen) atoms. The third kappa shape index (κ3) is 4.13. The molecule has 0 heterocycles. The largest absolute Gasteiger partial charge is 0.507 e. The van der Waals surface area contributed by atoms with E-state index in [-0.39, 0.29) is 35.8 Å². The molecule has 1 saturated carbocycles. The Morgan fingerprint density at radius 1 is 1.39 bits per heavy atom. The molecule has 1 amide bonds. The second-order valence-electron chi connectivity index (χ2n) is 5.64. The number of aliphatic carboxylic acids is 1. The number of carboxylic acid groups (broad SMARTS) is 1. The van der Waals surface area contributed by atoms with Gasteiger partial charge in [-0.3, -0.25) is 14.5 Å². The van der Waals surface area contributed by atoms with Crippen molar-refractivity contribution in [2.45, 2.75) is 31.8 Å². The number of nitrogens with one attached hydrogen (secondary N) is 1. The number of hydrogen-bond donors (Lipinski definition) is 3. The average Bonchev–Trinajstić information content (AvgIpc) is 2.48. The molecule has 7 heteroatoms. The summed E-state index contributed by atoms with van der Waals surface area (Å²) in [6.07, 6.45) is 1.41. The molecule has 1 aliphatic carbocycles. The minimum atomic E-state index is -0.847. The number of nitrogens with zero attached hydrogens (tertiary/aromatic N) is 1. The minimum absolute atomic E-state index is 0.0124. The molecular weight excluding hydrogens is 300 g/mol. The zero-order valence-corrected chi connectivity index (χ0v) is 13.3. The number of benzene rings is 1. The lowest BCUT2D eigenvalue weighted by Gasteiger charge is -2.42. The van der Waals surface area contributed by atoms with Crippen LogP contribution in [0.3, 0.4) is 0 Å². The number of hydrogen-bond acceptors (Lipinski definition) is 5. The van der Waals surface area contributed by atoms with Gasteiger partial charge in [-0.25, -0.2) is 0 Å². The Morgan fingerprint density at radius 2 is 2.09 bits per heavy atom. The molecular formula is C16H22N2O5. The molecule has 0 unspecified atom stereocenters. The van der Waals surface area contributed by atoms with Crippen LogP contribution in [0.1, 0.15) is 30.1 Å². The van der Waals surface area contributed by atoms with E-state index < -0.39 is 5.97 Å².